The summed E-state index contributed by atoms with van der Waals surface area (Å²) in [5.74, 6) is 0. The Morgan fingerprint density at radius 3 is 2.59 bits per heavy atom. The quantitative estimate of drug-likeness (QED) is 0.891. The van der Waals surface area contributed by atoms with Gasteiger partial charge in [-0.15, -0.1) is 0 Å². The Morgan fingerprint density at radius 1 is 1.24 bits per heavy atom. The normalized spacial score (nSPS) is 12.2. The molecule has 0 aliphatic carbocycles. The highest BCUT2D eigenvalue weighted by molar-refractivity contribution is 9.10. The van der Waals surface area contributed by atoms with Gasteiger partial charge in [0.05, 0.1) is 5.02 Å². The van der Waals surface area contributed by atoms with Crippen LogP contribution in [0.3, 0.4) is 0 Å². The van der Waals surface area contributed by atoms with E-state index >= 15 is 0 Å². The maximum Gasteiger partial charge on any atom is 0.0568 e. The van der Waals surface area contributed by atoms with E-state index in [1.807, 2.05) is 30.3 Å². The molecule has 0 fully saturated rings. The molecule has 0 saturated carbocycles. The standard InChI is InChI=1S/C13H12BrClN2/c1-9(10-4-6-16-7-5-10)17-11-2-3-12(14)13(15)8-11/h2-9,17H,1H3. The molecule has 2 aromatic rings. The van der Waals surface area contributed by atoms with Crippen LogP contribution in [0.1, 0.15) is 18.5 Å². The van der Waals surface area contributed by atoms with Crippen molar-refractivity contribution in [3.8, 4) is 0 Å². The number of nitrogens with one attached hydrogen (secondary N) is 1. The highest BCUT2D eigenvalue weighted by Crippen LogP contribution is 2.27. The van der Waals surface area contributed by atoms with Gasteiger partial charge in [-0.05, 0) is 58.7 Å². The Labute approximate surface area is 114 Å². The van der Waals surface area contributed by atoms with E-state index in [4.69, 9.17) is 11.6 Å². The summed E-state index contributed by atoms with van der Waals surface area (Å²) in [6, 6.07) is 10.0. The van der Waals surface area contributed by atoms with Gasteiger partial charge in [-0.3, -0.25) is 4.98 Å². The average molecular weight is 312 g/mol. The van der Waals surface area contributed by atoms with E-state index in [1.54, 1.807) is 12.4 Å². The van der Waals surface area contributed by atoms with E-state index in [-0.39, 0.29) is 6.04 Å². The Balaban J connectivity index is 2.13. The van der Waals surface area contributed by atoms with Crippen molar-refractivity contribution in [2.24, 2.45) is 0 Å². The van der Waals surface area contributed by atoms with E-state index in [1.165, 1.54) is 5.56 Å². The number of hydrogen-bond acceptors (Lipinski definition) is 2. The highest BCUT2D eigenvalue weighted by atomic mass is 79.9. The van der Waals surface area contributed by atoms with Crippen LogP contribution in [0, 0.1) is 0 Å². The molecular formula is C13H12BrClN2. The molecule has 1 N–H and O–H groups in total. The first-order valence-corrected chi connectivity index (χ1v) is 6.45. The molecule has 1 heterocycles. The lowest BCUT2D eigenvalue weighted by atomic mass is 10.1. The number of aromatic nitrogens is 1. The molecule has 0 saturated heterocycles. The summed E-state index contributed by atoms with van der Waals surface area (Å²) in [6.07, 6.45) is 3.59. The van der Waals surface area contributed by atoms with E-state index in [9.17, 15) is 0 Å². The predicted molar refractivity (Wildman–Crippen MR) is 75.4 cm³/mol. The predicted octanol–water partition coefficient (Wildman–Crippen LogP) is 4.67. The summed E-state index contributed by atoms with van der Waals surface area (Å²) in [7, 11) is 0. The van der Waals surface area contributed by atoms with Crippen molar-refractivity contribution in [2.45, 2.75) is 13.0 Å². The third-order valence-electron chi connectivity index (χ3n) is 2.51. The second kappa shape index (κ2) is 5.52. The van der Waals surface area contributed by atoms with Crippen LogP contribution in [0.4, 0.5) is 5.69 Å². The van der Waals surface area contributed by atoms with E-state index in [2.05, 4.69) is 33.2 Å². The lowest BCUT2D eigenvalue weighted by Gasteiger charge is -2.15. The molecule has 0 aliphatic rings. The molecule has 4 heteroatoms. The van der Waals surface area contributed by atoms with Crippen molar-refractivity contribution in [2.75, 3.05) is 5.32 Å². The van der Waals surface area contributed by atoms with E-state index in [0.717, 1.165) is 10.2 Å². The van der Waals surface area contributed by atoms with Crippen LogP contribution < -0.4 is 5.32 Å². The highest BCUT2D eigenvalue weighted by Gasteiger charge is 2.05. The van der Waals surface area contributed by atoms with Gasteiger partial charge in [0.15, 0.2) is 0 Å². The molecular weight excluding hydrogens is 300 g/mol. The van der Waals surface area contributed by atoms with Gasteiger partial charge in [-0.2, -0.15) is 0 Å². The molecule has 0 bridgehead atoms. The van der Waals surface area contributed by atoms with Gasteiger partial charge in [0.2, 0.25) is 0 Å². The molecule has 0 radical (unpaired) electrons. The summed E-state index contributed by atoms with van der Waals surface area (Å²) >= 11 is 9.42. The van der Waals surface area contributed by atoms with Gasteiger partial charge in [0.1, 0.15) is 0 Å². The van der Waals surface area contributed by atoms with Crippen LogP contribution in [0.15, 0.2) is 47.2 Å². The van der Waals surface area contributed by atoms with Crippen LogP contribution in [-0.2, 0) is 0 Å². The number of anilines is 1. The number of halogens is 2. The Kier molecular flexibility index (Phi) is 4.02. The van der Waals surface area contributed by atoms with Crippen LogP contribution in [0.25, 0.3) is 0 Å². The Bertz CT molecular complexity index is 502. The molecule has 0 spiro atoms. The van der Waals surface area contributed by atoms with Crippen LogP contribution in [-0.4, -0.2) is 4.98 Å². The van der Waals surface area contributed by atoms with Crippen molar-refractivity contribution in [3.63, 3.8) is 0 Å². The van der Waals surface area contributed by atoms with Crippen LogP contribution in [0.2, 0.25) is 5.02 Å². The summed E-state index contributed by atoms with van der Waals surface area (Å²) in [5.41, 5.74) is 2.20. The fraction of sp³-hybridized carbons (Fsp3) is 0.154. The summed E-state index contributed by atoms with van der Waals surface area (Å²) < 4.78 is 0.904. The number of benzene rings is 1. The van der Waals surface area contributed by atoms with Crippen molar-refractivity contribution >= 4 is 33.2 Å². The first-order valence-electron chi connectivity index (χ1n) is 5.28. The maximum atomic E-state index is 6.05. The molecule has 88 valence electrons. The first kappa shape index (κ1) is 12.4. The van der Waals surface area contributed by atoms with Gasteiger partial charge in [-0.1, -0.05) is 11.6 Å². The summed E-state index contributed by atoms with van der Waals surface area (Å²) in [6.45, 7) is 2.10. The van der Waals surface area contributed by atoms with E-state index in [0.29, 0.717) is 5.02 Å². The Hall–Kier alpha value is -1.06. The number of nitrogens with zero attached hydrogens (tertiary/aromatic N) is 1. The zero-order chi connectivity index (χ0) is 12.3. The fourth-order valence-corrected chi connectivity index (χ4v) is 2.00. The minimum absolute atomic E-state index is 0.218. The minimum atomic E-state index is 0.218. The molecule has 1 aromatic carbocycles. The molecule has 2 rings (SSSR count). The monoisotopic (exact) mass is 310 g/mol. The third kappa shape index (κ3) is 3.20. The smallest absolute Gasteiger partial charge is 0.0568 e. The van der Waals surface area contributed by atoms with Gasteiger partial charge >= 0.3 is 0 Å². The third-order valence-corrected chi connectivity index (χ3v) is 3.74. The molecule has 0 amide bonds. The van der Waals surface area contributed by atoms with Crippen molar-refractivity contribution in [3.05, 3.63) is 57.8 Å². The second-order valence-corrected chi connectivity index (χ2v) is 5.04. The number of rotatable bonds is 3. The topological polar surface area (TPSA) is 24.9 Å². The average Bonchev–Trinajstić information content (AvgIpc) is 2.35. The van der Waals surface area contributed by atoms with Gasteiger partial charge < -0.3 is 5.32 Å². The largest absolute Gasteiger partial charge is 0.378 e. The van der Waals surface area contributed by atoms with Crippen LogP contribution >= 0.6 is 27.5 Å². The van der Waals surface area contributed by atoms with Gasteiger partial charge in [-0.25, -0.2) is 0 Å². The van der Waals surface area contributed by atoms with Crippen molar-refractivity contribution in [1.29, 1.82) is 0 Å². The lowest BCUT2D eigenvalue weighted by molar-refractivity contribution is 0.881. The second-order valence-electron chi connectivity index (χ2n) is 3.78. The number of hydrogen-bond donors (Lipinski definition) is 1. The molecule has 1 aromatic heterocycles. The van der Waals surface area contributed by atoms with Gasteiger partial charge in [0.25, 0.3) is 0 Å². The minimum Gasteiger partial charge on any atom is -0.378 e. The summed E-state index contributed by atoms with van der Waals surface area (Å²) in [4.78, 5) is 4.01. The molecule has 1 atom stereocenters. The lowest BCUT2D eigenvalue weighted by Crippen LogP contribution is -2.06. The van der Waals surface area contributed by atoms with Crippen molar-refractivity contribution < 1.29 is 0 Å². The Morgan fingerprint density at radius 2 is 1.94 bits per heavy atom. The van der Waals surface area contributed by atoms with Crippen LogP contribution in [0.5, 0.6) is 0 Å². The molecule has 1 unspecified atom stereocenters. The number of pyridine rings is 1. The summed E-state index contributed by atoms with van der Waals surface area (Å²) in [5, 5.41) is 4.10. The van der Waals surface area contributed by atoms with Gasteiger partial charge in [0, 0.05) is 28.6 Å². The SMILES string of the molecule is CC(Nc1ccc(Br)c(Cl)c1)c1ccncc1. The zero-order valence-electron chi connectivity index (χ0n) is 9.32. The molecule has 0 aliphatic heterocycles. The zero-order valence-corrected chi connectivity index (χ0v) is 11.7. The fourth-order valence-electron chi connectivity index (χ4n) is 1.57. The first-order chi connectivity index (χ1) is 8.16. The van der Waals surface area contributed by atoms with E-state index < -0.39 is 0 Å². The van der Waals surface area contributed by atoms with Crippen molar-refractivity contribution in [1.82, 2.24) is 4.98 Å². The molecule has 17 heavy (non-hydrogen) atoms. The molecule has 2 nitrogen and oxygen atoms in total. The maximum absolute atomic E-state index is 6.05.